The van der Waals surface area contributed by atoms with Crippen LogP contribution in [-0.2, 0) is 61.6 Å². The second-order valence-electron chi connectivity index (χ2n) is 19.6. The highest BCUT2D eigenvalue weighted by Crippen LogP contribution is 2.36. The molecule has 23 N–H and O–H groups in total. The molecule has 1 unspecified atom stereocenters. The zero-order valence-corrected chi connectivity index (χ0v) is 40.8. The predicted octanol–water partition coefficient (Wildman–Crippen LogP) is -16.3. The van der Waals surface area contributed by atoms with Gasteiger partial charge in [0.05, 0.1) is 46.2 Å². The van der Waals surface area contributed by atoms with E-state index < -0.39 is 261 Å². The van der Waals surface area contributed by atoms with E-state index in [1.165, 1.54) is 0 Å². The molecular weight excluding hydrogens is 1080 g/mol. The van der Waals surface area contributed by atoms with Gasteiger partial charge in [0.15, 0.2) is 44.0 Å². The first kappa shape index (κ1) is 64.1. The average Bonchev–Trinajstić information content (AvgIpc) is 3.55. The van der Waals surface area contributed by atoms with Gasteiger partial charge in [-0.2, -0.15) is 0 Å². The number of rotatable bonds is 19. The van der Waals surface area contributed by atoms with Gasteiger partial charge >= 0.3 is 0 Å². The Kier molecular flexibility index (Phi) is 22.6. The molecule has 0 saturated carbocycles. The Labute approximate surface area is 439 Å². The van der Waals surface area contributed by atoms with Crippen LogP contribution in [0.15, 0.2) is 0 Å². The van der Waals surface area contributed by atoms with Crippen molar-refractivity contribution in [3.05, 3.63) is 0 Å². The number of aliphatic hydroxyl groups excluding tert-OH is 23. The number of aliphatic hydroxyl groups is 23. The molecule has 0 aromatic rings. The monoisotopic (exact) mass is 1150 g/mol. The summed E-state index contributed by atoms with van der Waals surface area (Å²) >= 11 is 0. The van der Waals surface area contributed by atoms with E-state index in [4.69, 9.17) is 61.6 Å². The summed E-state index contributed by atoms with van der Waals surface area (Å²) in [6.45, 7) is -6.40. The molecule has 0 aromatic carbocycles. The minimum atomic E-state index is -2.14. The molecule has 78 heavy (non-hydrogen) atoms. The van der Waals surface area contributed by atoms with E-state index in [9.17, 15) is 117 Å². The third-order valence-electron chi connectivity index (χ3n) is 14.5. The molecule has 0 amide bonds. The van der Waals surface area contributed by atoms with Crippen LogP contribution in [0.1, 0.15) is 0 Å². The van der Waals surface area contributed by atoms with Gasteiger partial charge in [-0.25, -0.2) is 0 Å². The molecule has 35 atom stereocenters. The average molecular weight is 1150 g/mol. The second kappa shape index (κ2) is 27.5. The molecule has 36 nitrogen and oxygen atoms in total. The van der Waals surface area contributed by atoms with Crippen molar-refractivity contribution in [3.8, 4) is 0 Å². The summed E-state index contributed by atoms with van der Waals surface area (Å²) in [4.78, 5) is 0. The summed E-state index contributed by atoms with van der Waals surface area (Å²) in [5, 5.41) is 242. The molecule has 0 aromatic heterocycles. The van der Waals surface area contributed by atoms with Gasteiger partial charge in [0.1, 0.15) is 171 Å². The van der Waals surface area contributed by atoms with Gasteiger partial charge in [0.25, 0.3) is 0 Å². The summed E-state index contributed by atoms with van der Waals surface area (Å²) in [6, 6.07) is 0. The molecular formula is C42H72O36. The van der Waals surface area contributed by atoms with Gasteiger partial charge < -0.3 is 179 Å². The zero-order valence-electron chi connectivity index (χ0n) is 40.8. The Morgan fingerprint density at radius 2 is 0.449 bits per heavy atom. The molecule has 7 fully saturated rings. The summed E-state index contributed by atoms with van der Waals surface area (Å²) in [6.07, 6.45) is -66.4. The van der Waals surface area contributed by atoms with E-state index in [0.29, 0.717) is 0 Å². The van der Waals surface area contributed by atoms with E-state index in [1.54, 1.807) is 0 Å². The lowest BCUT2D eigenvalue weighted by molar-refractivity contribution is -0.383. The highest BCUT2D eigenvalue weighted by atomic mass is 16.8. The van der Waals surface area contributed by atoms with Crippen molar-refractivity contribution in [1.29, 1.82) is 0 Å². The van der Waals surface area contributed by atoms with Crippen molar-refractivity contribution >= 4 is 0 Å². The Morgan fingerprint density at radius 3 is 0.769 bits per heavy atom. The summed E-state index contributed by atoms with van der Waals surface area (Å²) in [5.41, 5.74) is 0. The van der Waals surface area contributed by atoms with Crippen LogP contribution >= 0.6 is 0 Å². The molecule has 0 radical (unpaired) electrons. The first-order valence-electron chi connectivity index (χ1n) is 24.7. The largest absolute Gasteiger partial charge is 0.394 e. The minimum Gasteiger partial charge on any atom is -0.394 e. The summed E-state index contributed by atoms with van der Waals surface area (Å²) < 4.78 is 71.6. The molecule has 7 heterocycles. The molecule has 7 aliphatic rings. The summed E-state index contributed by atoms with van der Waals surface area (Å²) in [5.74, 6) is 0. The SMILES string of the molecule is OC[C@H]1O[C@H](O[C@H]2[C@H](O)[C@@H](O)[C@@H](OC[C@H]3O[C@H](O[C@H]4[C@H](O)[C@@H](O)[C@@H](OC[C@H]5O[C@H](O[C@H]6[C@H](O)[C@@H](O)[C@@H](O[C@H]7[C@H](O)[C@@H](O)C(O)O[C@@H]7CO)O[C@@H]6CO)[C@H](O)[C@@H](O)[C@@H]5O)O[C@@H]4CO)[C@H](O)[C@@H](O)[C@@H]3O)O[C@@H]2CO)[C@H](O)[C@@H](O)[C@@H]1O. The topological polar surface area (TPSA) is 585 Å². The number of hydrogen-bond acceptors (Lipinski definition) is 36. The fraction of sp³-hybridized carbons (Fsp3) is 1.00. The van der Waals surface area contributed by atoms with Gasteiger partial charge in [-0.05, 0) is 0 Å². The first-order valence-corrected chi connectivity index (χ1v) is 24.7. The Hall–Kier alpha value is -1.44. The number of hydrogen-bond donors (Lipinski definition) is 23. The van der Waals surface area contributed by atoms with Gasteiger partial charge in [-0.15, -0.1) is 0 Å². The van der Waals surface area contributed by atoms with Crippen LogP contribution in [0.4, 0.5) is 0 Å². The van der Waals surface area contributed by atoms with Gasteiger partial charge in [0.2, 0.25) is 0 Å². The normalized spacial score (nSPS) is 53.5. The third-order valence-corrected chi connectivity index (χ3v) is 14.5. The lowest BCUT2D eigenvalue weighted by Gasteiger charge is -2.48. The van der Waals surface area contributed by atoms with Crippen LogP contribution in [0.3, 0.4) is 0 Å². The molecule has 0 aliphatic carbocycles. The van der Waals surface area contributed by atoms with Crippen molar-refractivity contribution in [2.24, 2.45) is 0 Å². The smallest absolute Gasteiger partial charge is 0.187 e. The molecule has 0 spiro atoms. The van der Waals surface area contributed by atoms with Crippen LogP contribution < -0.4 is 0 Å². The maximum Gasteiger partial charge on any atom is 0.187 e. The Balaban J connectivity index is 0.931. The van der Waals surface area contributed by atoms with Gasteiger partial charge in [-0.3, -0.25) is 0 Å². The second-order valence-corrected chi connectivity index (χ2v) is 19.6. The minimum absolute atomic E-state index is 0.830. The molecule has 0 bridgehead atoms. The standard InChI is InChI=1S/C42H72O36/c43-1-8-15(48)18(51)26(59)39(69-8)76-33-10(3-45)70-37(29(62)22(33)55)66-6-13-16(49)19(52)27(60)40(73-13)77-34-11(4-46)71-38(30(63)23(34)56)67-7-14-17(50)20(53)28(61)41(74-14)78-35-12(5-47)72-42(31(64)24(35)57)75-32-9(2-44)68-36(65)25(58)21(32)54/h8-65H,1-7H2/t8-,9-,10-,11-,12-,13-,14-,15-,16-,17-,18+,19+,20+,21-,22-,23-,24-,25-,26-,27-,28-,29-,30-,31-,32-,33-,34-,35-,36?,37+,38+,39-,40-,41-,42-/m1/s1. The third kappa shape index (κ3) is 13.2. The fourth-order valence-electron chi connectivity index (χ4n) is 9.80. The van der Waals surface area contributed by atoms with Gasteiger partial charge in [-0.1, -0.05) is 0 Å². The molecule has 7 aliphatic heterocycles. The maximum absolute atomic E-state index is 11.2. The molecule has 7 saturated heterocycles. The van der Waals surface area contributed by atoms with Crippen molar-refractivity contribution in [2.75, 3.05) is 46.2 Å². The van der Waals surface area contributed by atoms with E-state index in [0.717, 1.165) is 0 Å². The van der Waals surface area contributed by atoms with Crippen LogP contribution in [-0.4, -0.2) is 379 Å². The lowest BCUT2D eigenvalue weighted by atomic mass is 9.96. The maximum atomic E-state index is 11.2. The van der Waals surface area contributed by atoms with Crippen molar-refractivity contribution in [2.45, 2.75) is 215 Å². The Bertz CT molecular complexity index is 1810. The van der Waals surface area contributed by atoms with E-state index in [1.807, 2.05) is 0 Å². The molecule has 7 rings (SSSR count). The van der Waals surface area contributed by atoms with Crippen LogP contribution in [0.2, 0.25) is 0 Å². The fourth-order valence-corrected chi connectivity index (χ4v) is 9.80. The van der Waals surface area contributed by atoms with E-state index in [2.05, 4.69) is 0 Å². The first-order chi connectivity index (χ1) is 36.9. The van der Waals surface area contributed by atoms with E-state index in [-0.39, 0.29) is 0 Å². The quantitative estimate of drug-likeness (QED) is 0.0571. The van der Waals surface area contributed by atoms with Crippen LogP contribution in [0, 0.1) is 0 Å². The molecule has 456 valence electrons. The highest BCUT2D eigenvalue weighted by molar-refractivity contribution is 4.99. The van der Waals surface area contributed by atoms with Crippen molar-refractivity contribution < 1.29 is 179 Å². The predicted molar refractivity (Wildman–Crippen MR) is 232 cm³/mol. The van der Waals surface area contributed by atoms with Gasteiger partial charge in [0, 0.05) is 0 Å². The molecule has 36 heteroatoms. The number of ether oxygens (including phenoxy) is 13. The summed E-state index contributed by atoms with van der Waals surface area (Å²) in [7, 11) is 0. The van der Waals surface area contributed by atoms with Crippen LogP contribution in [0.25, 0.3) is 0 Å². The Morgan fingerprint density at radius 1 is 0.218 bits per heavy atom. The lowest BCUT2D eigenvalue weighted by Crippen LogP contribution is -2.67. The van der Waals surface area contributed by atoms with Crippen LogP contribution in [0.5, 0.6) is 0 Å². The van der Waals surface area contributed by atoms with Crippen molar-refractivity contribution in [3.63, 3.8) is 0 Å². The van der Waals surface area contributed by atoms with E-state index >= 15 is 0 Å². The van der Waals surface area contributed by atoms with Crippen molar-refractivity contribution in [1.82, 2.24) is 0 Å². The highest BCUT2D eigenvalue weighted by Gasteiger charge is 2.57. The zero-order chi connectivity index (χ0) is 57.3.